The Morgan fingerprint density at radius 3 is 2.46 bits per heavy atom. The van der Waals surface area contributed by atoms with Crippen molar-refractivity contribution in [2.45, 2.75) is 46.8 Å². The maximum Gasteiger partial charge on any atom is 0.322 e. The summed E-state index contributed by atoms with van der Waals surface area (Å²) in [6.07, 6.45) is -0.435. The van der Waals surface area contributed by atoms with E-state index in [4.69, 9.17) is 4.74 Å². The van der Waals surface area contributed by atoms with Crippen molar-refractivity contribution in [2.24, 2.45) is 0 Å². The second-order valence-electron chi connectivity index (χ2n) is 6.37. The van der Waals surface area contributed by atoms with Crippen LogP contribution >= 0.6 is 0 Å². The Hall–Kier alpha value is -2.49. The van der Waals surface area contributed by atoms with Crippen LogP contribution in [0.3, 0.4) is 0 Å². The van der Waals surface area contributed by atoms with Crippen molar-refractivity contribution in [3.05, 3.63) is 59.2 Å². The molecule has 0 radical (unpaired) electrons. The highest BCUT2D eigenvalue weighted by Crippen LogP contribution is 2.26. The molecule has 2 N–H and O–H groups in total. The van der Waals surface area contributed by atoms with Gasteiger partial charge in [0, 0.05) is 5.69 Å². The lowest BCUT2D eigenvalue weighted by Crippen LogP contribution is -2.39. The van der Waals surface area contributed by atoms with Gasteiger partial charge in [0.25, 0.3) is 0 Å². The molecule has 0 aliphatic rings. The lowest BCUT2D eigenvalue weighted by molar-refractivity contribution is 0.181. The van der Waals surface area contributed by atoms with E-state index < -0.39 is 6.23 Å². The minimum Gasteiger partial charge on any atom is -0.471 e. The Labute approximate surface area is 144 Å². The molecule has 0 saturated heterocycles. The summed E-state index contributed by atoms with van der Waals surface area (Å²) in [6, 6.07) is 13.6. The van der Waals surface area contributed by atoms with Crippen LogP contribution in [0.1, 0.15) is 43.4 Å². The number of amides is 2. The van der Waals surface area contributed by atoms with Crippen molar-refractivity contribution in [1.82, 2.24) is 5.32 Å². The molecule has 0 aliphatic heterocycles. The van der Waals surface area contributed by atoms with Crippen molar-refractivity contribution >= 4 is 11.7 Å². The first-order valence-electron chi connectivity index (χ1n) is 8.27. The van der Waals surface area contributed by atoms with Crippen LogP contribution in [0.5, 0.6) is 5.75 Å². The summed E-state index contributed by atoms with van der Waals surface area (Å²) in [5.74, 6) is 1.16. The number of hydrogen-bond donors (Lipinski definition) is 2. The minimum absolute atomic E-state index is 0.279. The Kier molecular flexibility index (Phi) is 5.85. The summed E-state index contributed by atoms with van der Waals surface area (Å²) in [6.45, 7) is 10.0. The number of hydrogen-bond acceptors (Lipinski definition) is 2. The minimum atomic E-state index is -0.435. The molecule has 24 heavy (non-hydrogen) atoms. The molecule has 0 heterocycles. The Bertz CT molecular complexity index is 711. The number of urea groups is 1. The van der Waals surface area contributed by atoms with E-state index in [-0.39, 0.29) is 6.03 Å². The van der Waals surface area contributed by atoms with E-state index in [0.717, 1.165) is 28.1 Å². The standard InChI is InChI=1S/C20H26N2O2/c1-13(2)17-8-6-7-9-19(17)24-16(5)21-20(23)22-18-12-14(3)10-11-15(18)4/h6-13,16H,1-5H3,(H2,21,22,23). The highest BCUT2D eigenvalue weighted by Gasteiger charge is 2.13. The molecule has 0 aliphatic carbocycles. The van der Waals surface area contributed by atoms with Crippen LogP contribution in [-0.4, -0.2) is 12.3 Å². The number of rotatable bonds is 5. The van der Waals surface area contributed by atoms with Gasteiger partial charge in [0.1, 0.15) is 5.75 Å². The second kappa shape index (κ2) is 7.86. The zero-order valence-corrected chi connectivity index (χ0v) is 15.0. The third-order valence-electron chi connectivity index (χ3n) is 3.82. The van der Waals surface area contributed by atoms with E-state index in [2.05, 4.69) is 24.5 Å². The van der Waals surface area contributed by atoms with Crippen LogP contribution in [0.2, 0.25) is 0 Å². The van der Waals surface area contributed by atoms with E-state index in [1.807, 2.05) is 63.2 Å². The molecule has 0 fully saturated rings. The summed E-state index contributed by atoms with van der Waals surface area (Å²) in [4.78, 5) is 12.2. The van der Waals surface area contributed by atoms with Crippen LogP contribution in [0.4, 0.5) is 10.5 Å². The molecule has 4 heteroatoms. The summed E-state index contributed by atoms with van der Waals surface area (Å²) < 4.78 is 5.90. The molecular weight excluding hydrogens is 300 g/mol. The Morgan fingerprint density at radius 2 is 1.75 bits per heavy atom. The maximum absolute atomic E-state index is 12.2. The van der Waals surface area contributed by atoms with Gasteiger partial charge in [-0.3, -0.25) is 0 Å². The van der Waals surface area contributed by atoms with Crippen molar-refractivity contribution < 1.29 is 9.53 Å². The first kappa shape index (κ1) is 17.9. The fraction of sp³-hybridized carbons (Fsp3) is 0.350. The van der Waals surface area contributed by atoms with Gasteiger partial charge in [-0.05, 0) is 55.5 Å². The average Bonchev–Trinajstić information content (AvgIpc) is 2.51. The molecule has 0 bridgehead atoms. The number of anilines is 1. The van der Waals surface area contributed by atoms with Crippen LogP contribution in [0, 0.1) is 13.8 Å². The lowest BCUT2D eigenvalue weighted by atomic mass is 10.0. The average molecular weight is 326 g/mol. The summed E-state index contributed by atoms with van der Waals surface area (Å²) in [5, 5.41) is 5.69. The number of para-hydroxylation sites is 1. The second-order valence-corrected chi connectivity index (χ2v) is 6.37. The lowest BCUT2D eigenvalue weighted by Gasteiger charge is -2.20. The van der Waals surface area contributed by atoms with Gasteiger partial charge in [-0.15, -0.1) is 0 Å². The van der Waals surface area contributed by atoms with Crippen LogP contribution in [-0.2, 0) is 0 Å². The van der Waals surface area contributed by atoms with Crippen LogP contribution < -0.4 is 15.4 Å². The summed E-state index contributed by atoms with van der Waals surface area (Å²) >= 11 is 0. The maximum atomic E-state index is 12.2. The first-order valence-corrected chi connectivity index (χ1v) is 8.27. The topological polar surface area (TPSA) is 50.4 Å². The van der Waals surface area contributed by atoms with Crippen molar-refractivity contribution in [2.75, 3.05) is 5.32 Å². The molecule has 4 nitrogen and oxygen atoms in total. The highest BCUT2D eigenvalue weighted by atomic mass is 16.5. The molecule has 0 spiro atoms. The zero-order chi connectivity index (χ0) is 17.7. The number of ether oxygens (including phenoxy) is 1. The van der Waals surface area contributed by atoms with Gasteiger partial charge in [-0.2, -0.15) is 0 Å². The van der Waals surface area contributed by atoms with E-state index in [1.54, 1.807) is 0 Å². The van der Waals surface area contributed by atoms with Crippen LogP contribution in [0.15, 0.2) is 42.5 Å². The number of benzene rings is 2. The third-order valence-corrected chi connectivity index (χ3v) is 3.82. The van der Waals surface area contributed by atoms with Gasteiger partial charge in [-0.25, -0.2) is 4.79 Å². The predicted molar refractivity (Wildman–Crippen MR) is 98.7 cm³/mol. The Balaban J connectivity index is 1.98. The third kappa shape index (κ3) is 4.75. The van der Waals surface area contributed by atoms with Gasteiger partial charge in [0.05, 0.1) is 0 Å². The van der Waals surface area contributed by atoms with Crippen molar-refractivity contribution in [3.8, 4) is 5.75 Å². The van der Waals surface area contributed by atoms with Gasteiger partial charge in [0.15, 0.2) is 6.23 Å². The SMILES string of the molecule is Cc1ccc(C)c(NC(=O)NC(C)Oc2ccccc2C(C)C)c1. The molecule has 1 atom stereocenters. The van der Waals surface area contributed by atoms with Gasteiger partial charge < -0.3 is 15.4 Å². The number of carbonyl (C=O) groups excluding carboxylic acids is 1. The quantitative estimate of drug-likeness (QED) is 0.762. The van der Waals surface area contributed by atoms with E-state index >= 15 is 0 Å². The van der Waals surface area contributed by atoms with Gasteiger partial charge in [0.2, 0.25) is 0 Å². The first-order chi connectivity index (χ1) is 11.4. The molecule has 2 aromatic carbocycles. The normalized spacial score (nSPS) is 11.9. The monoisotopic (exact) mass is 326 g/mol. The van der Waals surface area contributed by atoms with Crippen molar-refractivity contribution in [3.63, 3.8) is 0 Å². The number of nitrogens with one attached hydrogen (secondary N) is 2. The van der Waals surface area contributed by atoms with Crippen LogP contribution in [0.25, 0.3) is 0 Å². The fourth-order valence-corrected chi connectivity index (χ4v) is 2.50. The predicted octanol–water partition coefficient (Wildman–Crippen LogP) is 4.97. The highest BCUT2D eigenvalue weighted by molar-refractivity contribution is 5.90. The van der Waals surface area contributed by atoms with E-state index in [1.165, 1.54) is 0 Å². The molecule has 0 saturated carbocycles. The molecule has 2 aromatic rings. The van der Waals surface area contributed by atoms with Gasteiger partial charge in [-0.1, -0.05) is 44.2 Å². The summed E-state index contributed by atoms with van der Waals surface area (Å²) in [5.41, 5.74) is 4.06. The van der Waals surface area contributed by atoms with E-state index in [0.29, 0.717) is 5.92 Å². The van der Waals surface area contributed by atoms with E-state index in [9.17, 15) is 4.79 Å². The Morgan fingerprint density at radius 1 is 1.04 bits per heavy atom. The molecule has 0 aromatic heterocycles. The molecule has 2 rings (SSSR count). The largest absolute Gasteiger partial charge is 0.471 e. The smallest absolute Gasteiger partial charge is 0.322 e. The molecule has 128 valence electrons. The summed E-state index contributed by atoms with van der Waals surface area (Å²) in [7, 11) is 0. The number of carbonyl (C=O) groups is 1. The molecule has 1 unspecified atom stereocenters. The van der Waals surface area contributed by atoms with Gasteiger partial charge >= 0.3 is 6.03 Å². The molecular formula is C20H26N2O2. The zero-order valence-electron chi connectivity index (χ0n) is 15.0. The molecule has 2 amide bonds. The number of aryl methyl sites for hydroxylation is 2. The van der Waals surface area contributed by atoms with Crippen molar-refractivity contribution in [1.29, 1.82) is 0 Å². The fourth-order valence-electron chi connectivity index (χ4n) is 2.50.